The van der Waals surface area contributed by atoms with Gasteiger partial charge in [0.05, 0.1) is 10.5 Å². The van der Waals surface area contributed by atoms with Crippen molar-refractivity contribution in [1.82, 2.24) is 4.72 Å². The van der Waals surface area contributed by atoms with E-state index in [0.29, 0.717) is 13.2 Å². The van der Waals surface area contributed by atoms with E-state index in [9.17, 15) is 12.8 Å². The summed E-state index contributed by atoms with van der Waals surface area (Å²) in [5.41, 5.74) is -0.432. The lowest BCUT2D eigenvalue weighted by molar-refractivity contribution is 0.0264. The monoisotopic (exact) mass is 312 g/mol. The molecule has 1 heterocycles. The van der Waals surface area contributed by atoms with Crippen LogP contribution in [-0.2, 0) is 14.8 Å². The number of nitrogens with one attached hydrogen (secondary N) is 1. The van der Waals surface area contributed by atoms with E-state index < -0.39 is 15.8 Å². The summed E-state index contributed by atoms with van der Waals surface area (Å²) in [7, 11) is -3.76. The lowest BCUT2D eigenvalue weighted by Gasteiger charge is -2.33. The van der Waals surface area contributed by atoms with Gasteiger partial charge in [0.25, 0.3) is 0 Å². The molecule has 1 N–H and O–H groups in total. The third-order valence-corrected chi connectivity index (χ3v) is 5.16. The van der Waals surface area contributed by atoms with Crippen molar-refractivity contribution in [1.29, 1.82) is 5.26 Å². The molecule has 5 nitrogen and oxygen atoms in total. The van der Waals surface area contributed by atoms with Gasteiger partial charge in [-0.15, -0.1) is 0 Å². The number of hydrogen-bond donors (Lipinski definition) is 1. The molecule has 21 heavy (non-hydrogen) atoms. The third kappa shape index (κ3) is 3.79. The molecular weight excluding hydrogens is 295 g/mol. The van der Waals surface area contributed by atoms with Crippen LogP contribution in [0, 0.1) is 22.6 Å². The summed E-state index contributed by atoms with van der Waals surface area (Å²) < 4.78 is 45.5. The summed E-state index contributed by atoms with van der Waals surface area (Å²) in [5.74, 6) is -0.729. The summed E-state index contributed by atoms with van der Waals surface area (Å²) in [4.78, 5) is -0.101. The van der Waals surface area contributed by atoms with Gasteiger partial charge in [0.2, 0.25) is 10.0 Å². The van der Waals surface area contributed by atoms with Gasteiger partial charge in [0.15, 0.2) is 0 Å². The van der Waals surface area contributed by atoms with Gasteiger partial charge in [-0.25, -0.2) is 17.5 Å². The molecule has 0 spiro atoms. The first-order valence-electron chi connectivity index (χ1n) is 6.63. The Balaban J connectivity index is 2.13. The lowest BCUT2D eigenvalue weighted by atomic mass is 9.83. The highest BCUT2D eigenvalue weighted by molar-refractivity contribution is 7.89. The van der Waals surface area contributed by atoms with Crippen LogP contribution in [0.25, 0.3) is 0 Å². The van der Waals surface area contributed by atoms with Crippen LogP contribution in [0.1, 0.15) is 25.3 Å². The van der Waals surface area contributed by atoms with Gasteiger partial charge in [0, 0.05) is 19.8 Å². The Morgan fingerprint density at radius 1 is 1.43 bits per heavy atom. The van der Waals surface area contributed by atoms with Crippen LogP contribution in [0.2, 0.25) is 0 Å². The molecule has 7 heteroatoms. The van der Waals surface area contributed by atoms with E-state index in [4.69, 9.17) is 10.00 Å². The standard InChI is InChI=1S/C14H17FN2O3S/c1-14(4-6-20-7-5-14)10-17-21(18,19)12-2-3-13(15)11(8-12)9-16/h2-3,8,17H,4-7,10H2,1H3. The number of benzene rings is 1. The maximum atomic E-state index is 13.2. The fourth-order valence-electron chi connectivity index (χ4n) is 2.15. The average Bonchev–Trinajstić information content (AvgIpc) is 2.46. The highest BCUT2D eigenvalue weighted by atomic mass is 32.2. The van der Waals surface area contributed by atoms with Crippen LogP contribution in [-0.4, -0.2) is 28.2 Å². The van der Waals surface area contributed by atoms with Crippen LogP contribution < -0.4 is 4.72 Å². The predicted molar refractivity (Wildman–Crippen MR) is 74.5 cm³/mol. The molecule has 1 aromatic carbocycles. The fraction of sp³-hybridized carbons (Fsp3) is 0.500. The Labute approximate surface area is 123 Å². The molecule has 1 aliphatic rings. The Morgan fingerprint density at radius 2 is 2.10 bits per heavy atom. The number of nitrogens with zero attached hydrogens (tertiary/aromatic N) is 1. The van der Waals surface area contributed by atoms with Crippen LogP contribution >= 0.6 is 0 Å². The van der Waals surface area contributed by atoms with Crippen LogP contribution in [0.15, 0.2) is 23.1 Å². The number of ether oxygens (including phenoxy) is 1. The SMILES string of the molecule is CC1(CNS(=O)(=O)c2ccc(F)c(C#N)c2)CCOCC1. The molecule has 0 amide bonds. The molecule has 1 fully saturated rings. The summed E-state index contributed by atoms with van der Waals surface area (Å²) in [6, 6.07) is 4.83. The maximum Gasteiger partial charge on any atom is 0.240 e. The summed E-state index contributed by atoms with van der Waals surface area (Å²) >= 11 is 0. The van der Waals surface area contributed by atoms with Gasteiger partial charge in [0.1, 0.15) is 11.9 Å². The molecule has 1 aliphatic heterocycles. The second kappa shape index (κ2) is 6.10. The minimum atomic E-state index is -3.76. The molecule has 0 aliphatic carbocycles. The maximum absolute atomic E-state index is 13.2. The minimum Gasteiger partial charge on any atom is -0.381 e. The van der Waals surface area contributed by atoms with E-state index in [1.807, 2.05) is 6.92 Å². The molecule has 0 aromatic heterocycles. The van der Waals surface area contributed by atoms with Crippen molar-refractivity contribution in [2.75, 3.05) is 19.8 Å². The van der Waals surface area contributed by atoms with E-state index in [1.54, 1.807) is 6.07 Å². The number of hydrogen-bond acceptors (Lipinski definition) is 4. The molecular formula is C14H17FN2O3S. The van der Waals surface area contributed by atoms with Gasteiger partial charge in [-0.2, -0.15) is 5.26 Å². The van der Waals surface area contributed by atoms with E-state index in [0.717, 1.165) is 31.0 Å². The first kappa shape index (κ1) is 15.9. The highest BCUT2D eigenvalue weighted by Gasteiger charge is 2.29. The second-order valence-corrected chi connectivity index (χ2v) is 7.27. The Kier molecular flexibility index (Phi) is 4.61. The zero-order valence-electron chi connectivity index (χ0n) is 11.7. The number of sulfonamides is 1. The molecule has 0 bridgehead atoms. The van der Waals surface area contributed by atoms with E-state index in [1.165, 1.54) is 0 Å². The Bertz CT molecular complexity index is 661. The quantitative estimate of drug-likeness (QED) is 0.919. The fourth-order valence-corrected chi connectivity index (χ4v) is 3.38. The van der Waals surface area contributed by atoms with E-state index in [2.05, 4.69) is 4.72 Å². The van der Waals surface area contributed by atoms with Gasteiger partial charge in [-0.3, -0.25) is 0 Å². The molecule has 0 saturated carbocycles. The van der Waals surface area contributed by atoms with Crippen molar-refractivity contribution in [3.63, 3.8) is 0 Å². The van der Waals surface area contributed by atoms with Gasteiger partial charge >= 0.3 is 0 Å². The van der Waals surface area contributed by atoms with Crippen molar-refractivity contribution in [3.8, 4) is 6.07 Å². The lowest BCUT2D eigenvalue weighted by Crippen LogP contribution is -2.39. The Hall–Kier alpha value is -1.49. The van der Waals surface area contributed by atoms with Crippen LogP contribution in [0.4, 0.5) is 4.39 Å². The summed E-state index contributed by atoms with van der Waals surface area (Å²) in [6.45, 7) is 3.53. The van der Waals surface area contributed by atoms with Crippen LogP contribution in [0.5, 0.6) is 0 Å². The van der Waals surface area contributed by atoms with Crippen molar-refractivity contribution in [2.24, 2.45) is 5.41 Å². The van der Waals surface area contributed by atoms with E-state index >= 15 is 0 Å². The predicted octanol–water partition coefficient (Wildman–Crippen LogP) is 1.79. The second-order valence-electron chi connectivity index (χ2n) is 5.50. The zero-order chi connectivity index (χ0) is 15.5. The molecule has 1 aromatic rings. The number of halogens is 1. The van der Waals surface area contributed by atoms with Crippen molar-refractivity contribution < 1.29 is 17.5 Å². The first-order valence-corrected chi connectivity index (χ1v) is 8.12. The van der Waals surface area contributed by atoms with Gasteiger partial charge in [-0.1, -0.05) is 6.92 Å². The number of nitriles is 1. The average molecular weight is 312 g/mol. The Morgan fingerprint density at radius 3 is 2.71 bits per heavy atom. The van der Waals surface area contributed by atoms with Crippen molar-refractivity contribution in [3.05, 3.63) is 29.6 Å². The minimum absolute atomic E-state index is 0.101. The smallest absolute Gasteiger partial charge is 0.240 e. The zero-order valence-corrected chi connectivity index (χ0v) is 12.5. The van der Waals surface area contributed by atoms with Crippen molar-refractivity contribution >= 4 is 10.0 Å². The van der Waals surface area contributed by atoms with Crippen LogP contribution in [0.3, 0.4) is 0 Å². The van der Waals surface area contributed by atoms with Gasteiger partial charge in [-0.05, 0) is 36.5 Å². The topological polar surface area (TPSA) is 79.2 Å². The molecule has 1 saturated heterocycles. The largest absolute Gasteiger partial charge is 0.381 e. The molecule has 2 rings (SSSR count). The number of rotatable bonds is 4. The normalized spacial score (nSPS) is 18.1. The van der Waals surface area contributed by atoms with Gasteiger partial charge < -0.3 is 4.74 Å². The van der Waals surface area contributed by atoms with E-state index in [-0.39, 0.29) is 22.4 Å². The molecule has 0 radical (unpaired) electrons. The molecule has 114 valence electrons. The highest BCUT2D eigenvalue weighted by Crippen LogP contribution is 2.29. The summed E-state index contributed by atoms with van der Waals surface area (Å²) in [5, 5.41) is 8.76. The molecule has 0 atom stereocenters. The third-order valence-electron chi connectivity index (χ3n) is 3.76. The molecule has 0 unspecified atom stereocenters. The van der Waals surface area contributed by atoms with Crippen molar-refractivity contribution in [2.45, 2.75) is 24.7 Å². The summed E-state index contributed by atoms with van der Waals surface area (Å²) in [6.07, 6.45) is 1.56. The first-order chi connectivity index (χ1) is 9.86.